The number of benzene rings is 2. The lowest BCUT2D eigenvalue weighted by atomic mass is 10.1. The van der Waals surface area contributed by atoms with Gasteiger partial charge in [0, 0.05) is 22.8 Å². The third kappa shape index (κ3) is 3.22. The van der Waals surface area contributed by atoms with Crippen LogP contribution >= 0.6 is 0 Å². The second kappa shape index (κ2) is 6.85. The molecular formula is C20H18N4O2. The van der Waals surface area contributed by atoms with E-state index in [4.69, 9.17) is 10.2 Å². The van der Waals surface area contributed by atoms with Gasteiger partial charge in [-0.1, -0.05) is 36.4 Å². The minimum Gasteiger partial charge on any atom is -0.446 e. The van der Waals surface area contributed by atoms with E-state index in [1.807, 2.05) is 60.8 Å². The number of hydrogen-bond donors (Lipinski definition) is 3. The zero-order chi connectivity index (χ0) is 17.9. The topological polar surface area (TPSA) is 96.9 Å². The molecule has 0 radical (unpaired) electrons. The number of aromatic nitrogens is 2. The highest BCUT2D eigenvalue weighted by molar-refractivity contribution is 6.02. The van der Waals surface area contributed by atoms with E-state index in [0.717, 1.165) is 16.5 Å². The molecule has 4 rings (SSSR count). The van der Waals surface area contributed by atoms with Crippen LogP contribution in [0.15, 0.2) is 71.5 Å². The number of oxazole rings is 1. The molecule has 0 fully saturated rings. The van der Waals surface area contributed by atoms with Crippen molar-refractivity contribution in [3.05, 3.63) is 84.2 Å². The quantitative estimate of drug-likeness (QED) is 0.514. The summed E-state index contributed by atoms with van der Waals surface area (Å²) in [4.78, 5) is 19.7. The molecule has 2 aromatic carbocycles. The summed E-state index contributed by atoms with van der Waals surface area (Å²) in [6, 6.07) is 16.8. The third-order valence-electron chi connectivity index (χ3n) is 4.22. The predicted molar refractivity (Wildman–Crippen MR) is 99.8 cm³/mol. The first-order chi connectivity index (χ1) is 12.7. The molecule has 0 saturated carbocycles. The molecule has 4 aromatic rings. The Balaban J connectivity index is 1.47. The highest BCUT2D eigenvalue weighted by atomic mass is 16.3. The van der Waals surface area contributed by atoms with E-state index in [1.54, 1.807) is 0 Å². The summed E-state index contributed by atoms with van der Waals surface area (Å²) in [5, 5.41) is 3.89. The standard InChI is InChI=1S/C20H18N4O2/c21-16(10-13-11-22-17-9-5-4-8-15(13)17)20-24-18(12-26-20)19(25)23-14-6-2-1-3-7-14/h1-9,11-12,16,22H,10,21H2,(H,23,25). The summed E-state index contributed by atoms with van der Waals surface area (Å²) in [5.74, 6) is 0.0130. The van der Waals surface area contributed by atoms with Crippen molar-refractivity contribution in [3.63, 3.8) is 0 Å². The van der Waals surface area contributed by atoms with E-state index < -0.39 is 6.04 Å². The van der Waals surface area contributed by atoms with E-state index in [0.29, 0.717) is 18.0 Å². The van der Waals surface area contributed by atoms with Gasteiger partial charge in [-0.2, -0.15) is 0 Å². The fourth-order valence-corrected chi connectivity index (χ4v) is 2.90. The molecule has 0 bridgehead atoms. The fourth-order valence-electron chi connectivity index (χ4n) is 2.90. The van der Waals surface area contributed by atoms with Gasteiger partial charge in [-0.05, 0) is 30.2 Å². The molecule has 1 unspecified atom stereocenters. The van der Waals surface area contributed by atoms with Crippen molar-refractivity contribution >= 4 is 22.5 Å². The van der Waals surface area contributed by atoms with Gasteiger partial charge in [0.05, 0.1) is 6.04 Å². The molecule has 2 heterocycles. The van der Waals surface area contributed by atoms with Gasteiger partial charge in [0.2, 0.25) is 5.89 Å². The largest absolute Gasteiger partial charge is 0.446 e. The molecule has 0 aliphatic heterocycles. The van der Waals surface area contributed by atoms with Crippen LogP contribution in [0.1, 0.15) is 28.0 Å². The number of aromatic amines is 1. The molecular weight excluding hydrogens is 328 g/mol. The van der Waals surface area contributed by atoms with Crippen molar-refractivity contribution < 1.29 is 9.21 Å². The number of carbonyl (C=O) groups is 1. The van der Waals surface area contributed by atoms with Crippen LogP contribution in [-0.2, 0) is 6.42 Å². The lowest BCUT2D eigenvalue weighted by molar-refractivity contribution is 0.102. The van der Waals surface area contributed by atoms with Gasteiger partial charge < -0.3 is 20.5 Å². The van der Waals surface area contributed by atoms with Gasteiger partial charge in [0.15, 0.2) is 5.69 Å². The van der Waals surface area contributed by atoms with Crippen molar-refractivity contribution in [2.75, 3.05) is 5.32 Å². The lowest BCUT2D eigenvalue weighted by Gasteiger charge is -2.06. The maximum absolute atomic E-state index is 12.3. The van der Waals surface area contributed by atoms with Crippen molar-refractivity contribution in [3.8, 4) is 0 Å². The molecule has 2 aromatic heterocycles. The van der Waals surface area contributed by atoms with Crippen LogP contribution in [0.4, 0.5) is 5.69 Å². The molecule has 0 aliphatic rings. The van der Waals surface area contributed by atoms with Gasteiger partial charge in [0.25, 0.3) is 5.91 Å². The Labute approximate surface area is 150 Å². The molecule has 6 nitrogen and oxygen atoms in total. The molecule has 1 amide bonds. The number of carbonyl (C=O) groups excluding carboxylic acids is 1. The highest BCUT2D eigenvalue weighted by Crippen LogP contribution is 2.23. The summed E-state index contributed by atoms with van der Waals surface area (Å²) < 4.78 is 5.44. The first-order valence-electron chi connectivity index (χ1n) is 8.33. The zero-order valence-electron chi connectivity index (χ0n) is 14.0. The normalized spacial score (nSPS) is 12.2. The number of amides is 1. The summed E-state index contributed by atoms with van der Waals surface area (Å²) in [6.45, 7) is 0. The highest BCUT2D eigenvalue weighted by Gasteiger charge is 2.18. The number of anilines is 1. The fraction of sp³-hybridized carbons (Fsp3) is 0.100. The molecule has 130 valence electrons. The summed E-state index contributed by atoms with van der Waals surface area (Å²) in [7, 11) is 0. The number of nitrogens with one attached hydrogen (secondary N) is 2. The van der Waals surface area contributed by atoms with Crippen LogP contribution in [0.3, 0.4) is 0 Å². The van der Waals surface area contributed by atoms with Gasteiger partial charge in [-0.25, -0.2) is 4.98 Å². The van der Waals surface area contributed by atoms with Crippen molar-refractivity contribution in [2.24, 2.45) is 5.73 Å². The molecule has 26 heavy (non-hydrogen) atoms. The number of para-hydroxylation sites is 2. The first kappa shape index (κ1) is 16.1. The van der Waals surface area contributed by atoms with Crippen molar-refractivity contribution in [1.82, 2.24) is 9.97 Å². The number of hydrogen-bond acceptors (Lipinski definition) is 4. The Morgan fingerprint density at radius 1 is 1.15 bits per heavy atom. The smallest absolute Gasteiger partial charge is 0.277 e. The molecule has 0 saturated heterocycles. The SMILES string of the molecule is NC(Cc1c[nH]c2ccccc12)c1nc(C(=O)Nc2ccccc2)co1. The zero-order valence-corrected chi connectivity index (χ0v) is 14.0. The Bertz CT molecular complexity index is 1040. The van der Waals surface area contributed by atoms with Crippen molar-refractivity contribution in [1.29, 1.82) is 0 Å². The number of H-pyrrole nitrogens is 1. The third-order valence-corrected chi connectivity index (χ3v) is 4.22. The second-order valence-electron chi connectivity index (χ2n) is 6.06. The predicted octanol–water partition coefficient (Wildman–Crippen LogP) is 3.65. The Morgan fingerprint density at radius 3 is 2.77 bits per heavy atom. The van der Waals surface area contributed by atoms with Gasteiger partial charge in [0.1, 0.15) is 6.26 Å². The number of rotatable bonds is 5. The summed E-state index contributed by atoms with van der Waals surface area (Å²) >= 11 is 0. The average Bonchev–Trinajstić information content (AvgIpc) is 3.30. The maximum atomic E-state index is 12.3. The Morgan fingerprint density at radius 2 is 1.92 bits per heavy atom. The lowest BCUT2D eigenvalue weighted by Crippen LogP contribution is -2.15. The van der Waals surface area contributed by atoms with Crippen LogP contribution < -0.4 is 11.1 Å². The molecule has 0 spiro atoms. The van der Waals surface area contributed by atoms with Crippen LogP contribution in [0.2, 0.25) is 0 Å². The number of fused-ring (bicyclic) bond motifs is 1. The van der Waals surface area contributed by atoms with Crippen LogP contribution in [0.25, 0.3) is 10.9 Å². The van der Waals surface area contributed by atoms with E-state index in [1.165, 1.54) is 6.26 Å². The molecule has 6 heteroatoms. The Kier molecular flexibility index (Phi) is 4.25. The monoisotopic (exact) mass is 346 g/mol. The maximum Gasteiger partial charge on any atom is 0.277 e. The van der Waals surface area contributed by atoms with Gasteiger partial charge in [-0.15, -0.1) is 0 Å². The van der Waals surface area contributed by atoms with Gasteiger partial charge >= 0.3 is 0 Å². The van der Waals surface area contributed by atoms with Gasteiger partial charge in [-0.3, -0.25) is 4.79 Å². The van der Waals surface area contributed by atoms with Crippen LogP contribution in [0, 0.1) is 0 Å². The van der Waals surface area contributed by atoms with E-state index >= 15 is 0 Å². The summed E-state index contributed by atoms with van der Waals surface area (Å²) in [6.07, 6.45) is 3.84. The van der Waals surface area contributed by atoms with E-state index in [2.05, 4.69) is 15.3 Å². The molecule has 0 aliphatic carbocycles. The van der Waals surface area contributed by atoms with E-state index in [9.17, 15) is 4.79 Å². The minimum absolute atomic E-state index is 0.207. The average molecular weight is 346 g/mol. The summed E-state index contributed by atoms with van der Waals surface area (Å²) in [5.41, 5.74) is 9.29. The number of nitrogens with zero attached hydrogens (tertiary/aromatic N) is 1. The second-order valence-corrected chi connectivity index (χ2v) is 6.06. The minimum atomic E-state index is -0.438. The number of nitrogens with two attached hydrogens (primary N) is 1. The Hall–Kier alpha value is -3.38. The molecule has 4 N–H and O–H groups in total. The first-order valence-corrected chi connectivity index (χ1v) is 8.33. The van der Waals surface area contributed by atoms with Crippen LogP contribution in [-0.4, -0.2) is 15.9 Å². The van der Waals surface area contributed by atoms with E-state index in [-0.39, 0.29) is 11.6 Å². The van der Waals surface area contributed by atoms with Crippen LogP contribution in [0.5, 0.6) is 0 Å². The molecule has 1 atom stereocenters. The van der Waals surface area contributed by atoms with Crippen molar-refractivity contribution in [2.45, 2.75) is 12.5 Å².